The molecule has 2 aromatic rings. The summed E-state index contributed by atoms with van der Waals surface area (Å²) in [4.78, 5) is 2.33. The van der Waals surface area contributed by atoms with E-state index in [0.717, 1.165) is 32.1 Å². The fourth-order valence-corrected chi connectivity index (χ4v) is 3.46. The minimum atomic E-state index is 0.0424. The summed E-state index contributed by atoms with van der Waals surface area (Å²) in [7, 11) is 2.15. The topological polar surface area (TPSA) is 35.2 Å². The number of likely N-dealkylation sites (N-methyl/N-ethyl adjacent to an activating group) is 1. The number of hydrogen-bond donors (Lipinski definition) is 0. The summed E-state index contributed by atoms with van der Waals surface area (Å²) in [5.74, 6) is 1.00. The molecule has 5 heteroatoms. The summed E-state index contributed by atoms with van der Waals surface area (Å²) in [6.07, 6.45) is 0.199. The normalized spacial score (nSPS) is 19.8. The minimum Gasteiger partial charge on any atom is -0.374 e. The van der Waals surface area contributed by atoms with Crippen molar-refractivity contribution >= 4 is 0 Å². The van der Waals surface area contributed by atoms with Crippen LogP contribution in [0.5, 0.6) is 0 Å². The monoisotopic (exact) mass is 330 g/mol. The van der Waals surface area contributed by atoms with Gasteiger partial charge in [0.2, 0.25) is 0 Å². The third kappa shape index (κ3) is 3.42. The molecule has 1 aliphatic rings. The molecule has 0 N–H and O–H groups in total. The maximum absolute atomic E-state index is 5.96. The van der Waals surface area contributed by atoms with E-state index in [4.69, 9.17) is 9.84 Å². The van der Waals surface area contributed by atoms with E-state index in [9.17, 15) is 0 Å². The smallest absolute Gasteiger partial charge is 0.159 e. The van der Waals surface area contributed by atoms with Crippen LogP contribution in [0.2, 0.25) is 0 Å². The summed E-state index contributed by atoms with van der Waals surface area (Å²) in [5, 5.41) is 4.94. The Hall–Kier alpha value is -1.59. The van der Waals surface area contributed by atoms with Crippen molar-refractivity contribution in [3.63, 3.8) is 0 Å². The van der Waals surface area contributed by atoms with Gasteiger partial charge in [0.25, 0.3) is 0 Å². The lowest BCUT2D eigenvalue weighted by atomic mass is 9.92. The van der Waals surface area contributed by atoms with Crippen LogP contribution < -0.4 is 0 Å². The van der Waals surface area contributed by atoms with Crippen molar-refractivity contribution in [2.75, 3.05) is 26.7 Å². The second kappa shape index (κ2) is 6.37. The fraction of sp³-hybridized carbons (Fsp3) is 0.632. The number of ether oxygens (including phenoxy) is 1. The molecular formula is C19H30N4O. The van der Waals surface area contributed by atoms with Crippen LogP contribution in [0.4, 0.5) is 0 Å². The first-order valence-corrected chi connectivity index (χ1v) is 8.79. The third-order valence-electron chi connectivity index (χ3n) is 4.75. The van der Waals surface area contributed by atoms with Crippen LogP contribution in [0.3, 0.4) is 0 Å². The average molecular weight is 330 g/mol. The van der Waals surface area contributed by atoms with Gasteiger partial charge in [0, 0.05) is 41.7 Å². The third-order valence-corrected chi connectivity index (χ3v) is 4.75. The lowest BCUT2D eigenvalue weighted by Crippen LogP contribution is -2.42. The second-order valence-electron chi connectivity index (χ2n) is 8.03. The van der Waals surface area contributed by atoms with Crippen molar-refractivity contribution in [2.45, 2.75) is 52.7 Å². The molecule has 0 bridgehead atoms. The lowest BCUT2D eigenvalue weighted by Gasteiger charge is -2.31. The zero-order valence-corrected chi connectivity index (χ0v) is 15.8. The number of rotatable bonds is 3. The van der Waals surface area contributed by atoms with Gasteiger partial charge in [0.05, 0.1) is 19.3 Å². The van der Waals surface area contributed by atoms with Gasteiger partial charge in [-0.3, -0.25) is 4.68 Å². The van der Waals surface area contributed by atoms with Gasteiger partial charge in [0.15, 0.2) is 5.82 Å². The largest absolute Gasteiger partial charge is 0.374 e. The van der Waals surface area contributed by atoms with Crippen molar-refractivity contribution in [1.29, 1.82) is 0 Å². The Kier molecular flexibility index (Phi) is 4.58. The van der Waals surface area contributed by atoms with Crippen LogP contribution >= 0.6 is 0 Å². The average Bonchev–Trinajstić information content (AvgIpc) is 3.02. The number of aryl methyl sites for hydroxylation is 2. The Morgan fingerprint density at radius 1 is 1.21 bits per heavy atom. The van der Waals surface area contributed by atoms with Crippen LogP contribution in [-0.4, -0.2) is 52.1 Å². The summed E-state index contributed by atoms with van der Waals surface area (Å²) >= 11 is 0. The van der Waals surface area contributed by atoms with Crippen molar-refractivity contribution in [2.24, 2.45) is 0 Å². The van der Waals surface area contributed by atoms with Gasteiger partial charge in [-0.25, -0.2) is 0 Å². The number of morpholine rings is 1. The van der Waals surface area contributed by atoms with E-state index >= 15 is 0 Å². The summed E-state index contributed by atoms with van der Waals surface area (Å²) in [6.45, 7) is 14.6. The highest BCUT2D eigenvalue weighted by molar-refractivity contribution is 5.34. The van der Waals surface area contributed by atoms with E-state index in [2.05, 4.69) is 74.0 Å². The molecule has 5 nitrogen and oxygen atoms in total. The number of nitrogens with zero attached hydrogens (tertiary/aromatic N) is 4. The Bertz CT molecular complexity index is 688. The molecule has 0 aromatic carbocycles. The first-order valence-electron chi connectivity index (χ1n) is 8.79. The van der Waals surface area contributed by atoms with Gasteiger partial charge in [-0.2, -0.15) is 5.10 Å². The number of aromatic nitrogens is 3. The lowest BCUT2D eigenvalue weighted by molar-refractivity contribution is -0.0296. The van der Waals surface area contributed by atoms with Crippen molar-refractivity contribution in [1.82, 2.24) is 19.2 Å². The first kappa shape index (κ1) is 17.2. The van der Waals surface area contributed by atoms with Crippen LogP contribution in [0, 0.1) is 13.8 Å². The molecule has 24 heavy (non-hydrogen) atoms. The van der Waals surface area contributed by atoms with Gasteiger partial charge in [-0.15, -0.1) is 0 Å². The van der Waals surface area contributed by atoms with E-state index in [0.29, 0.717) is 0 Å². The van der Waals surface area contributed by atoms with E-state index in [1.165, 1.54) is 17.1 Å². The quantitative estimate of drug-likeness (QED) is 0.868. The van der Waals surface area contributed by atoms with Gasteiger partial charge >= 0.3 is 0 Å². The van der Waals surface area contributed by atoms with E-state index in [1.807, 2.05) is 0 Å². The highest BCUT2D eigenvalue weighted by Crippen LogP contribution is 2.26. The standard InChI is InChI=1S/C19H30N4O/c1-14-7-8-15(2)23(14)18-11-17(19(3,4)5)22(20-18)13-16-12-21(6)9-10-24-16/h7-8,11,16H,9-10,12-13H2,1-6H3/t16-/m1/s1. The van der Waals surface area contributed by atoms with Gasteiger partial charge in [-0.05, 0) is 33.0 Å². The zero-order valence-electron chi connectivity index (χ0n) is 15.8. The molecule has 1 atom stereocenters. The van der Waals surface area contributed by atoms with E-state index in [-0.39, 0.29) is 11.5 Å². The fourth-order valence-electron chi connectivity index (χ4n) is 3.46. The van der Waals surface area contributed by atoms with Crippen LogP contribution in [-0.2, 0) is 16.7 Å². The maximum Gasteiger partial charge on any atom is 0.159 e. The van der Waals surface area contributed by atoms with Crippen LogP contribution in [0.1, 0.15) is 37.9 Å². The zero-order chi connectivity index (χ0) is 17.5. The molecule has 1 fully saturated rings. The van der Waals surface area contributed by atoms with Gasteiger partial charge < -0.3 is 14.2 Å². The van der Waals surface area contributed by atoms with Gasteiger partial charge in [-0.1, -0.05) is 20.8 Å². The highest BCUT2D eigenvalue weighted by Gasteiger charge is 2.25. The molecule has 0 spiro atoms. The highest BCUT2D eigenvalue weighted by atomic mass is 16.5. The molecule has 3 heterocycles. The summed E-state index contributed by atoms with van der Waals surface area (Å²) in [6, 6.07) is 6.52. The van der Waals surface area contributed by atoms with Crippen LogP contribution in [0.15, 0.2) is 18.2 Å². The van der Waals surface area contributed by atoms with Crippen molar-refractivity contribution in [3.05, 3.63) is 35.3 Å². The Labute approximate surface area is 145 Å². The van der Waals surface area contributed by atoms with Crippen LogP contribution in [0.25, 0.3) is 5.82 Å². The molecule has 132 valence electrons. The second-order valence-corrected chi connectivity index (χ2v) is 8.03. The predicted molar refractivity (Wildman–Crippen MR) is 97.0 cm³/mol. The molecular weight excluding hydrogens is 300 g/mol. The Morgan fingerprint density at radius 2 is 1.88 bits per heavy atom. The molecule has 1 aliphatic heterocycles. The van der Waals surface area contributed by atoms with E-state index in [1.54, 1.807) is 0 Å². The molecule has 3 rings (SSSR count). The van der Waals surface area contributed by atoms with Gasteiger partial charge in [0.1, 0.15) is 0 Å². The Balaban J connectivity index is 1.95. The molecule has 1 saturated heterocycles. The summed E-state index contributed by atoms with van der Waals surface area (Å²) in [5.41, 5.74) is 3.72. The molecule has 2 aromatic heterocycles. The van der Waals surface area contributed by atoms with E-state index < -0.39 is 0 Å². The van der Waals surface area contributed by atoms with Crippen molar-refractivity contribution < 1.29 is 4.74 Å². The molecule has 0 amide bonds. The number of hydrogen-bond acceptors (Lipinski definition) is 3. The molecule has 0 aliphatic carbocycles. The first-order chi connectivity index (χ1) is 11.3. The molecule has 0 unspecified atom stereocenters. The Morgan fingerprint density at radius 3 is 2.46 bits per heavy atom. The summed E-state index contributed by atoms with van der Waals surface area (Å²) < 4.78 is 10.3. The van der Waals surface area contributed by atoms with Crippen molar-refractivity contribution in [3.8, 4) is 5.82 Å². The SMILES string of the molecule is Cc1ccc(C)n1-c1cc(C(C)(C)C)n(C[C@H]2CN(C)CCO2)n1. The minimum absolute atomic E-state index is 0.0424. The predicted octanol–water partition coefficient (Wildman–Crippen LogP) is 2.92. The molecule has 0 radical (unpaired) electrons. The maximum atomic E-state index is 5.96. The molecule has 0 saturated carbocycles.